The van der Waals surface area contributed by atoms with Crippen molar-refractivity contribution < 1.29 is 0 Å². The molecule has 1 aliphatic carbocycles. The molecule has 3 atom stereocenters. The zero-order valence-electron chi connectivity index (χ0n) is 14.0. The summed E-state index contributed by atoms with van der Waals surface area (Å²) in [5, 5.41) is 13.9. The van der Waals surface area contributed by atoms with Crippen LogP contribution in [0, 0.1) is 18.3 Å². The number of rotatable bonds is 6. The third-order valence-electron chi connectivity index (χ3n) is 5.03. The summed E-state index contributed by atoms with van der Waals surface area (Å²) >= 11 is 3.68. The van der Waals surface area contributed by atoms with Crippen molar-refractivity contribution in [3.05, 3.63) is 5.01 Å². The molecule has 0 amide bonds. The molecule has 1 aromatic rings. The maximum atomic E-state index is 4.32. The van der Waals surface area contributed by atoms with E-state index in [1.54, 1.807) is 11.3 Å². The van der Waals surface area contributed by atoms with Crippen LogP contribution in [0.1, 0.15) is 58.4 Å². The lowest BCUT2D eigenvalue weighted by molar-refractivity contribution is 0.141. The first kappa shape index (κ1) is 17.2. The highest BCUT2D eigenvalue weighted by Gasteiger charge is 2.37. The third kappa shape index (κ3) is 4.42. The van der Waals surface area contributed by atoms with Crippen LogP contribution in [0.3, 0.4) is 0 Å². The number of aromatic nitrogens is 2. The van der Waals surface area contributed by atoms with Crippen molar-refractivity contribution >= 4 is 23.1 Å². The van der Waals surface area contributed by atoms with Gasteiger partial charge in [0.25, 0.3) is 0 Å². The molecule has 2 rings (SSSR count). The SMILES string of the molecule is CCNC1CCC(C(C)(C)CC)CC1Sc1nnc(C)s1. The highest BCUT2D eigenvalue weighted by molar-refractivity contribution is 8.01. The topological polar surface area (TPSA) is 37.8 Å². The van der Waals surface area contributed by atoms with E-state index in [1.165, 1.54) is 25.7 Å². The van der Waals surface area contributed by atoms with Crippen LogP contribution < -0.4 is 5.32 Å². The minimum Gasteiger partial charge on any atom is -0.313 e. The molecule has 1 saturated carbocycles. The van der Waals surface area contributed by atoms with E-state index in [1.807, 2.05) is 18.7 Å². The fraction of sp³-hybridized carbons (Fsp3) is 0.875. The maximum absolute atomic E-state index is 4.32. The summed E-state index contributed by atoms with van der Waals surface area (Å²) in [6.07, 6.45) is 5.20. The van der Waals surface area contributed by atoms with Crippen LogP contribution in [0.2, 0.25) is 0 Å². The Hall–Kier alpha value is -0.130. The Bertz CT molecular complexity index is 444. The summed E-state index contributed by atoms with van der Waals surface area (Å²) in [4.78, 5) is 0. The van der Waals surface area contributed by atoms with E-state index >= 15 is 0 Å². The van der Waals surface area contributed by atoms with Gasteiger partial charge < -0.3 is 5.32 Å². The molecule has 5 heteroatoms. The maximum Gasteiger partial charge on any atom is 0.174 e. The Kier molecular flexibility index (Phi) is 6.09. The second-order valence-corrected chi connectivity index (χ2v) is 9.43. The van der Waals surface area contributed by atoms with E-state index in [-0.39, 0.29) is 0 Å². The summed E-state index contributed by atoms with van der Waals surface area (Å²) in [6.45, 7) is 12.5. The molecule has 0 aliphatic heterocycles. The van der Waals surface area contributed by atoms with Crippen molar-refractivity contribution in [3.63, 3.8) is 0 Å². The standard InChI is InChI=1S/C16H29N3S2/c1-6-16(4,5)12-8-9-13(17-7-2)14(10-12)21-15-19-18-11(3)20-15/h12-14,17H,6-10H2,1-5H3. The van der Waals surface area contributed by atoms with Crippen LogP contribution in [0.4, 0.5) is 0 Å². The number of nitrogens with one attached hydrogen (secondary N) is 1. The number of nitrogens with zero attached hydrogens (tertiary/aromatic N) is 2. The van der Waals surface area contributed by atoms with E-state index < -0.39 is 0 Å². The molecule has 1 heterocycles. The molecule has 1 aromatic heterocycles. The lowest BCUT2D eigenvalue weighted by atomic mass is 9.68. The average Bonchev–Trinajstić information content (AvgIpc) is 2.86. The third-order valence-corrected chi connectivity index (χ3v) is 7.31. The molecule has 0 aromatic carbocycles. The Labute approximate surface area is 137 Å². The van der Waals surface area contributed by atoms with Gasteiger partial charge in [0.15, 0.2) is 4.34 Å². The summed E-state index contributed by atoms with van der Waals surface area (Å²) in [5.74, 6) is 0.823. The molecular weight excluding hydrogens is 298 g/mol. The molecule has 120 valence electrons. The summed E-state index contributed by atoms with van der Waals surface area (Å²) in [6, 6.07) is 0.619. The Balaban J connectivity index is 2.07. The normalized spacial score (nSPS) is 27.0. The van der Waals surface area contributed by atoms with Gasteiger partial charge in [0.05, 0.1) is 0 Å². The molecule has 21 heavy (non-hydrogen) atoms. The highest BCUT2D eigenvalue weighted by Crippen LogP contribution is 2.45. The van der Waals surface area contributed by atoms with Crippen molar-refractivity contribution in [2.75, 3.05) is 6.54 Å². The molecule has 0 saturated heterocycles. The van der Waals surface area contributed by atoms with E-state index in [4.69, 9.17) is 0 Å². The van der Waals surface area contributed by atoms with Crippen molar-refractivity contribution in [1.29, 1.82) is 0 Å². The molecule has 1 fully saturated rings. The van der Waals surface area contributed by atoms with Crippen LogP contribution in [0.5, 0.6) is 0 Å². The largest absolute Gasteiger partial charge is 0.313 e. The number of thioether (sulfide) groups is 1. The molecule has 1 N–H and O–H groups in total. The quantitative estimate of drug-likeness (QED) is 0.833. The lowest BCUT2D eigenvalue weighted by Gasteiger charge is -2.42. The molecular formula is C16H29N3S2. The van der Waals surface area contributed by atoms with Crippen molar-refractivity contribution in [2.24, 2.45) is 11.3 Å². The number of hydrogen-bond donors (Lipinski definition) is 1. The lowest BCUT2D eigenvalue weighted by Crippen LogP contribution is -2.45. The minimum absolute atomic E-state index is 0.451. The number of hydrogen-bond acceptors (Lipinski definition) is 5. The predicted molar refractivity (Wildman–Crippen MR) is 93.2 cm³/mol. The van der Waals surface area contributed by atoms with E-state index in [9.17, 15) is 0 Å². The Morgan fingerprint density at radius 3 is 2.62 bits per heavy atom. The zero-order chi connectivity index (χ0) is 15.5. The molecule has 0 radical (unpaired) electrons. The van der Waals surface area contributed by atoms with Crippen LogP contribution in [0.15, 0.2) is 4.34 Å². The molecule has 1 aliphatic rings. The smallest absolute Gasteiger partial charge is 0.174 e. The van der Waals surface area contributed by atoms with Crippen LogP contribution in [-0.4, -0.2) is 28.0 Å². The van der Waals surface area contributed by atoms with Crippen LogP contribution in [-0.2, 0) is 0 Å². The second kappa shape index (κ2) is 7.42. The second-order valence-electron chi connectivity index (χ2n) is 6.76. The van der Waals surface area contributed by atoms with Gasteiger partial charge in [-0.05, 0) is 44.1 Å². The minimum atomic E-state index is 0.451. The molecule has 0 spiro atoms. The molecule has 3 unspecified atom stereocenters. The Morgan fingerprint density at radius 2 is 2.05 bits per heavy atom. The van der Waals surface area contributed by atoms with E-state index in [0.717, 1.165) is 21.8 Å². The van der Waals surface area contributed by atoms with Crippen LogP contribution in [0.25, 0.3) is 0 Å². The van der Waals surface area contributed by atoms with Crippen LogP contribution >= 0.6 is 23.1 Å². The van der Waals surface area contributed by atoms with Gasteiger partial charge in [-0.2, -0.15) is 0 Å². The Morgan fingerprint density at radius 1 is 1.29 bits per heavy atom. The fourth-order valence-corrected chi connectivity index (χ4v) is 5.62. The molecule has 3 nitrogen and oxygen atoms in total. The molecule has 0 bridgehead atoms. The first-order chi connectivity index (χ1) is 9.96. The van der Waals surface area contributed by atoms with Gasteiger partial charge in [-0.3, -0.25) is 0 Å². The first-order valence-corrected chi connectivity index (χ1v) is 9.86. The average molecular weight is 328 g/mol. The van der Waals surface area contributed by atoms with Crippen molar-refractivity contribution in [3.8, 4) is 0 Å². The monoisotopic (exact) mass is 327 g/mol. The van der Waals surface area contributed by atoms with Crippen molar-refractivity contribution in [2.45, 2.75) is 75.9 Å². The van der Waals surface area contributed by atoms with Gasteiger partial charge in [0, 0.05) is 11.3 Å². The van der Waals surface area contributed by atoms with Gasteiger partial charge in [0.2, 0.25) is 0 Å². The van der Waals surface area contributed by atoms with E-state index in [0.29, 0.717) is 16.7 Å². The zero-order valence-corrected chi connectivity index (χ0v) is 15.6. The summed E-state index contributed by atoms with van der Waals surface area (Å²) in [7, 11) is 0. The van der Waals surface area contributed by atoms with Gasteiger partial charge in [-0.15, -0.1) is 10.2 Å². The summed E-state index contributed by atoms with van der Waals surface area (Å²) < 4.78 is 1.13. The van der Waals surface area contributed by atoms with E-state index in [2.05, 4.69) is 43.2 Å². The predicted octanol–water partition coefficient (Wildman–Crippen LogP) is 4.52. The first-order valence-electron chi connectivity index (χ1n) is 8.16. The number of aryl methyl sites for hydroxylation is 1. The van der Waals surface area contributed by atoms with Crippen molar-refractivity contribution in [1.82, 2.24) is 15.5 Å². The van der Waals surface area contributed by atoms with Gasteiger partial charge in [0.1, 0.15) is 5.01 Å². The fourth-order valence-electron chi connectivity index (χ4n) is 3.21. The van der Waals surface area contributed by atoms with Gasteiger partial charge in [-0.25, -0.2) is 0 Å². The van der Waals surface area contributed by atoms with Gasteiger partial charge in [-0.1, -0.05) is 57.2 Å². The summed E-state index contributed by atoms with van der Waals surface area (Å²) in [5.41, 5.74) is 0.451. The van der Waals surface area contributed by atoms with Gasteiger partial charge >= 0.3 is 0 Å². The highest BCUT2D eigenvalue weighted by atomic mass is 32.2.